The number of hydrogen-bond donors (Lipinski definition) is 1. The highest BCUT2D eigenvalue weighted by atomic mass is 35.5. The van der Waals surface area contributed by atoms with E-state index in [1.807, 2.05) is 0 Å². The molecule has 1 aliphatic heterocycles. The van der Waals surface area contributed by atoms with Crippen molar-refractivity contribution in [2.45, 2.75) is 42.6 Å². The van der Waals surface area contributed by atoms with Crippen LogP contribution in [0, 0.1) is 11.7 Å². The Kier molecular flexibility index (Phi) is 7.14. The Morgan fingerprint density at radius 1 is 1.28 bits per heavy atom. The van der Waals surface area contributed by atoms with Gasteiger partial charge in [-0.15, -0.1) is 0 Å². The monoisotopic (exact) mass is 485 g/mol. The zero-order valence-corrected chi connectivity index (χ0v) is 19.5. The molecule has 2 unspecified atom stereocenters. The number of hydroxylamine groups is 2. The number of sulfone groups is 1. The fraction of sp³-hybridized carbons (Fsp3) is 0.409. The minimum Gasteiger partial charge on any atom is -0.489 e. The summed E-state index contributed by atoms with van der Waals surface area (Å²) in [4.78, 5) is 12.6. The SMILES string of the molecule is CN(O)C(=O)C1C(S(=O)(=O)c2ccc(OCc3ccc(F)cc3Cl)cc2)CCOC1(C)C. The number of hydrogen-bond acceptors (Lipinski definition) is 6. The van der Waals surface area contributed by atoms with Crippen LogP contribution in [0.2, 0.25) is 5.02 Å². The summed E-state index contributed by atoms with van der Waals surface area (Å²) in [7, 11) is -2.75. The highest BCUT2D eigenvalue weighted by Crippen LogP contribution is 2.38. The van der Waals surface area contributed by atoms with E-state index in [2.05, 4.69) is 0 Å². The molecule has 1 saturated heterocycles. The van der Waals surface area contributed by atoms with Crippen molar-refractivity contribution >= 4 is 27.3 Å². The summed E-state index contributed by atoms with van der Waals surface area (Å²) in [6, 6.07) is 9.80. The van der Waals surface area contributed by atoms with E-state index >= 15 is 0 Å². The van der Waals surface area contributed by atoms with Gasteiger partial charge in [0.05, 0.1) is 26.7 Å². The van der Waals surface area contributed by atoms with Crippen molar-refractivity contribution in [2.75, 3.05) is 13.7 Å². The van der Waals surface area contributed by atoms with Crippen LogP contribution in [0.1, 0.15) is 25.8 Å². The van der Waals surface area contributed by atoms with Gasteiger partial charge in [0.1, 0.15) is 18.2 Å². The molecule has 1 amide bonds. The Bertz CT molecular complexity index is 1090. The average molecular weight is 486 g/mol. The molecule has 0 spiro atoms. The summed E-state index contributed by atoms with van der Waals surface area (Å²) in [6.07, 6.45) is 0.122. The molecule has 2 aromatic rings. The molecule has 1 N–H and O–H groups in total. The van der Waals surface area contributed by atoms with Gasteiger partial charge < -0.3 is 9.47 Å². The largest absolute Gasteiger partial charge is 0.489 e. The van der Waals surface area contributed by atoms with E-state index < -0.39 is 38.3 Å². The lowest BCUT2D eigenvalue weighted by Crippen LogP contribution is -2.56. The predicted octanol–water partition coefficient (Wildman–Crippen LogP) is 3.86. The van der Waals surface area contributed by atoms with Crippen LogP contribution in [0.15, 0.2) is 47.4 Å². The first-order chi connectivity index (χ1) is 14.9. The Labute approximate surface area is 191 Å². The maximum Gasteiger partial charge on any atom is 0.252 e. The van der Waals surface area contributed by atoms with Crippen molar-refractivity contribution in [1.82, 2.24) is 5.06 Å². The predicted molar refractivity (Wildman–Crippen MR) is 116 cm³/mol. The van der Waals surface area contributed by atoms with Gasteiger partial charge in [0.15, 0.2) is 9.84 Å². The third kappa shape index (κ3) is 5.06. The lowest BCUT2D eigenvalue weighted by Gasteiger charge is -2.42. The Morgan fingerprint density at radius 3 is 2.53 bits per heavy atom. The minimum absolute atomic E-state index is 0.0331. The van der Waals surface area contributed by atoms with Gasteiger partial charge in [-0.25, -0.2) is 17.9 Å². The molecule has 7 nitrogen and oxygen atoms in total. The Hall–Kier alpha value is -2.20. The zero-order valence-electron chi connectivity index (χ0n) is 17.9. The molecular formula is C22H25ClFNO6S. The molecule has 1 aliphatic rings. The maximum atomic E-state index is 13.4. The van der Waals surface area contributed by atoms with Crippen LogP contribution in [0.5, 0.6) is 5.75 Å². The van der Waals surface area contributed by atoms with Crippen LogP contribution in [0.4, 0.5) is 4.39 Å². The Morgan fingerprint density at radius 2 is 1.94 bits per heavy atom. The van der Waals surface area contributed by atoms with Gasteiger partial charge in [-0.1, -0.05) is 17.7 Å². The van der Waals surface area contributed by atoms with Crippen LogP contribution in [-0.2, 0) is 26.0 Å². The van der Waals surface area contributed by atoms with E-state index in [0.717, 1.165) is 7.05 Å². The third-order valence-corrected chi connectivity index (χ3v) is 8.13. The summed E-state index contributed by atoms with van der Waals surface area (Å²) in [6.45, 7) is 3.53. The molecule has 10 heteroatoms. The second-order valence-electron chi connectivity index (χ2n) is 8.16. The highest BCUT2D eigenvalue weighted by Gasteiger charge is 2.51. The van der Waals surface area contributed by atoms with Gasteiger partial charge in [0, 0.05) is 19.2 Å². The quantitative estimate of drug-likeness (QED) is 0.493. The zero-order chi connectivity index (χ0) is 23.7. The number of nitrogens with zero attached hydrogens (tertiary/aromatic N) is 1. The van der Waals surface area contributed by atoms with Gasteiger partial charge >= 0.3 is 0 Å². The molecule has 0 aromatic heterocycles. The van der Waals surface area contributed by atoms with E-state index in [1.54, 1.807) is 13.8 Å². The van der Waals surface area contributed by atoms with Crippen LogP contribution in [0.3, 0.4) is 0 Å². The standard InChI is InChI=1S/C22H25ClFNO6S/c1-22(2)20(21(26)25(3)27)19(10-11-31-22)32(28,29)17-8-6-16(7-9-17)30-13-14-4-5-15(24)12-18(14)23/h4-9,12,19-20,27H,10-11,13H2,1-3H3. The number of halogens is 2. The molecule has 0 radical (unpaired) electrons. The number of amides is 1. The van der Waals surface area contributed by atoms with Crippen molar-refractivity contribution in [3.63, 3.8) is 0 Å². The number of ether oxygens (including phenoxy) is 2. The average Bonchev–Trinajstić information content (AvgIpc) is 2.72. The second kappa shape index (κ2) is 9.35. The van der Waals surface area contributed by atoms with Crippen molar-refractivity contribution in [1.29, 1.82) is 0 Å². The van der Waals surface area contributed by atoms with E-state index in [4.69, 9.17) is 21.1 Å². The fourth-order valence-electron chi connectivity index (χ4n) is 3.83. The molecule has 0 saturated carbocycles. The molecule has 0 bridgehead atoms. The summed E-state index contributed by atoms with van der Waals surface area (Å²) in [5.41, 5.74) is -0.481. The van der Waals surface area contributed by atoms with Gasteiger partial charge in [0.2, 0.25) is 0 Å². The van der Waals surface area contributed by atoms with Crippen LogP contribution in [0.25, 0.3) is 0 Å². The number of rotatable bonds is 6. The topological polar surface area (TPSA) is 93.1 Å². The summed E-state index contributed by atoms with van der Waals surface area (Å²) in [5, 5.41) is 9.25. The fourth-order valence-corrected chi connectivity index (χ4v) is 6.13. The first kappa shape index (κ1) is 24.4. The minimum atomic E-state index is -3.91. The van der Waals surface area contributed by atoms with Gasteiger partial charge in [-0.05, 0) is 56.7 Å². The molecule has 174 valence electrons. The van der Waals surface area contributed by atoms with Crippen LogP contribution < -0.4 is 4.74 Å². The van der Waals surface area contributed by atoms with E-state index in [0.29, 0.717) is 16.4 Å². The molecule has 32 heavy (non-hydrogen) atoms. The molecule has 1 heterocycles. The van der Waals surface area contributed by atoms with Crippen molar-refractivity contribution in [3.8, 4) is 5.75 Å². The van der Waals surface area contributed by atoms with E-state index in [1.165, 1.54) is 42.5 Å². The maximum absolute atomic E-state index is 13.4. The molecule has 0 aliphatic carbocycles. The second-order valence-corrected chi connectivity index (χ2v) is 10.7. The summed E-state index contributed by atoms with van der Waals surface area (Å²) in [5.74, 6) is -1.85. The van der Waals surface area contributed by atoms with Gasteiger partial charge in [-0.2, -0.15) is 0 Å². The lowest BCUT2D eigenvalue weighted by atomic mass is 9.83. The van der Waals surface area contributed by atoms with Gasteiger partial charge in [0.25, 0.3) is 5.91 Å². The van der Waals surface area contributed by atoms with E-state index in [-0.39, 0.29) is 29.6 Å². The van der Waals surface area contributed by atoms with E-state index in [9.17, 15) is 22.8 Å². The third-order valence-electron chi connectivity index (χ3n) is 5.54. The first-order valence-corrected chi connectivity index (χ1v) is 11.9. The number of carbonyl (C=O) groups excluding carboxylic acids is 1. The Balaban J connectivity index is 1.81. The molecule has 3 rings (SSSR count). The first-order valence-electron chi connectivity index (χ1n) is 9.94. The highest BCUT2D eigenvalue weighted by molar-refractivity contribution is 7.92. The van der Waals surface area contributed by atoms with Crippen molar-refractivity contribution in [2.24, 2.45) is 5.92 Å². The van der Waals surface area contributed by atoms with Crippen LogP contribution >= 0.6 is 11.6 Å². The molecule has 2 atom stereocenters. The van der Waals surface area contributed by atoms with Crippen molar-refractivity contribution in [3.05, 3.63) is 58.9 Å². The number of benzene rings is 2. The normalized spacial score (nSPS) is 20.6. The van der Waals surface area contributed by atoms with Crippen molar-refractivity contribution < 1.29 is 32.3 Å². The molecule has 1 fully saturated rings. The molecule has 2 aromatic carbocycles. The molecular weight excluding hydrogens is 461 g/mol. The summed E-state index contributed by atoms with van der Waals surface area (Å²) < 4.78 is 51.2. The number of carbonyl (C=O) groups is 1. The van der Waals surface area contributed by atoms with Crippen LogP contribution in [-0.4, -0.2) is 49.1 Å². The lowest BCUT2D eigenvalue weighted by molar-refractivity contribution is -0.180. The summed E-state index contributed by atoms with van der Waals surface area (Å²) >= 11 is 5.99. The van der Waals surface area contributed by atoms with Gasteiger partial charge in [-0.3, -0.25) is 10.0 Å². The smallest absolute Gasteiger partial charge is 0.252 e.